The van der Waals surface area contributed by atoms with Crippen LogP contribution in [0.25, 0.3) is 0 Å². The molecule has 19 heteroatoms. The molecule has 0 saturated heterocycles. The Hall–Kier alpha value is -1.94. The Labute approximate surface area is 543 Å². The minimum atomic E-state index is -4.95. The van der Waals surface area contributed by atoms with Crippen molar-refractivity contribution < 1.29 is 80.2 Å². The number of phosphoric acid groups is 2. The van der Waals surface area contributed by atoms with Crippen LogP contribution in [0, 0.1) is 0 Å². The average Bonchev–Trinajstić information content (AvgIpc) is 3.58. The first-order chi connectivity index (χ1) is 43.2. The second-order valence-electron chi connectivity index (χ2n) is 25.3. The monoisotopic (exact) mass is 1310 g/mol. The van der Waals surface area contributed by atoms with Crippen molar-refractivity contribution in [2.75, 3.05) is 39.6 Å². The van der Waals surface area contributed by atoms with E-state index in [0.29, 0.717) is 25.7 Å². The molecule has 0 saturated carbocycles. The van der Waals surface area contributed by atoms with Crippen LogP contribution in [-0.4, -0.2) is 96.7 Å². The van der Waals surface area contributed by atoms with Gasteiger partial charge in [-0.05, 0) is 25.7 Å². The third-order valence-corrected chi connectivity index (χ3v) is 18.3. The number of carbonyl (C=O) groups excluding carboxylic acids is 4. The summed E-state index contributed by atoms with van der Waals surface area (Å²) in [6, 6.07) is 0. The second-order valence-corrected chi connectivity index (χ2v) is 28.2. The quantitative estimate of drug-likeness (QED) is 0.0222. The van der Waals surface area contributed by atoms with Gasteiger partial charge in [-0.1, -0.05) is 317 Å². The van der Waals surface area contributed by atoms with E-state index in [1.807, 2.05) is 0 Å². The zero-order valence-electron chi connectivity index (χ0n) is 57.4. The molecule has 0 aromatic rings. The van der Waals surface area contributed by atoms with Crippen LogP contribution in [0.5, 0.6) is 0 Å². The molecule has 0 aliphatic carbocycles. The summed E-state index contributed by atoms with van der Waals surface area (Å²) in [6.45, 7) is 4.85. The maximum Gasteiger partial charge on any atom is 0.472 e. The normalized spacial score (nSPS) is 14.0. The summed E-state index contributed by atoms with van der Waals surface area (Å²) >= 11 is 0. The molecule has 0 amide bonds. The lowest BCUT2D eigenvalue weighted by molar-refractivity contribution is -0.161. The molecule has 5 atom stereocenters. The molecule has 0 rings (SSSR count). The first-order valence-corrected chi connectivity index (χ1v) is 39.8. The molecule has 2 unspecified atom stereocenters. The van der Waals surface area contributed by atoms with Crippen molar-refractivity contribution in [2.24, 2.45) is 0 Å². The van der Waals surface area contributed by atoms with Gasteiger partial charge in [0, 0.05) is 25.7 Å². The highest BCUT2D eigenvalue weighted by Gasteiger charge is 2.30. The fourth-order valence-electron chi connectivity index (χ4n) is 10.7. The van der Waals surface area contributed by atoms with Crippen molar-refractivity contribution in [3.05, 3.63) is 0 Å². The van der Waals surface area contributed by atoms with Gasteiger partial charge in [0.05, 0.1) is 26.4 Å². The SMILES string of the molecule is CCCCCCCCCCCCCCCCCCCCCCCC(=O)O[C@H](COC(=O)CCCCCCCCCCCCCCCC)COP(=O)(O)OC[C@@H](O)COP(=O)(O)OC[C@@H](COC(=O)CCCCCCCCC)OC(=O)CCCCCCCCC. The van der Waals surface area contributed by atoms with Gasteiger partial charge in [-0.2, -0.15) is 0 Å². The molecule has 17 nitrogen and oxygen atoms in total. The second kappa shape index (κ2) is 64.8. The zero-order valence-corrected chi connectivity index (χ0v) is 59.2. The summed E-state index contributed by atoms with van der Waals surface area (Å²) in [5.41, 5.74) is 0. The number of carbonyl (C=O) groups is 4. The van der Waals surface area contributed by atoms with Crippen LogP contribution in [0.3, 0.4) is 0 Å². The van der Waals surface area contributed by atoms with Crippen molar-refractivity contribution in [3.63, 3.8) is 0 Å². The van der Waals surface area contributed by atoms with E-state index in [1.165, 1.54) is 173 Å². The molecule has 0 radical (unpaired) electrons. The highest BCUT2D eigenvalue weighted by atomic mass is 31.2. The number of unbranched alkanes of at least 4 members (excludes halogenated alkanes) is 45. The molecule has 0 bridgehead atoms. The Morgan fingerprint density at radius 3 is 0.663 bits per heavy atom. The topological polar surface area (TPSA) is 237 Å². The van der Waals surface area contributed by atoms with Crippen LogP contribution in [-0.2, 0) is 65.4 Å². The van der Waals surface area contributed by atoms with E-state index in [9.17, 15) is 43.2 Å². The number of hydrogen-bond acceptors (Lipinski definition) is 15. The fraction of sp³-hybridized carbons (Fsp3) is 0.943. The lowest BCUT2D eigenvalue weighted by Crippen LogP contribution is -2.30. The average molecular weight is 1310 g/mol. The maximum atomic E-state index is 13.0. The van der Waals surface area contributed by atoms with Gasteiger partial charge in [0.1, 0.15) is 19.3 Å². The van der Waals surface area contributed by atoms with Gasteiger partial charge in [-0.3, -0.25) is 37.3 Å². The smallest absolute Gasteiger partial charge is 0.462 e. The zero-order chi connectivity index (χ0) is 65.4. The molecule has 0 heterocycles. The van der Waals surface area contributed by atoms with Gasteiger partial charge < -0.3 is 33.8 Å². The number of aliphatic hydroxyl groups excluding tert-OH is 1. The minimum Gasteiger partial charge on any atom is -0.462 e. The van der Waals surface area contributed by atoms with Gasteiger partial charge in [-0.15, -0.1) is 0 Å². The first kappa shape index (κ1) is 87.1. The summed E-state index contributed by atoms with van der Waals surface area (Å²) in [6.07, 6.45) is 53.2. The molecule has 0 aromatic carbocycles. The summed E-state index contributed by atoms with van der Waals surface area (Å²) in [5, 5.41) is 10.5. The Balaban J connectivity index is 5.10. The molecule has 3 N–H and O–H groups in total. The predicted molar refractivity (Wildman–Crippen MR) is 359 cm³/mol. The summed E-state index contributed by atoms with van der Waals surface area (Å²) in [4.78, 5) is 72.2. The van der Waals surface area contributed by atoms with Crippen LogP contribution in [0.2, 0.25) is 0 Å². The van der Waals surface area contributed by atoms with Gasteiger partial charge >= 0.3 is 39.5 Å². The Morgan fingerprint density at radius 1 is 0.270 bits per heavy atom. The van der Waals surface area contributed by atoms with Crippen LogP contribution in [0.1, 0.15) is 368 Å². The summed E-state index contributed by atoms with van der Waals surface area (Å²) in [7, 11) is -9.88. The van der Waals surface area contributed by atoms with Crippen LogP contribution < -0.4 is 0 Å². The molecular weight excluding hydrogens is 1170 g/mol. The standard InChI is InChI=1S/C70H136O17P2/c1-5-9-13-17-21-23-25-27-29-30-31-32-33-34-35-37-39-41-45-49-53-57-70(75)87-66(61-81-68(73)55-51-47-44-40-38-36-28-26-24-22-18-14-10-6-2)63-85-89(78,79)83-59-64(71)58-82-88(76,77)84-62-65(86-69(74)56-52-48-43-20-16-12-8-4)60-80-67(72)54-50-46-42-19-15-11-7-3/h64-66,71H,5-63H2,1-4H3,(H,76,77)(H,78,79)/t64-,65+,66+/m0/s1. The Morgan fingerprint density at radius 2 is 0.449 bits per heavy atom. The molecule has 0 aliphatic rings. The van der Waals surface area contributed by atoms with E-state index in [2.05, 4.69) is 27.7 Å². The summed E-state index contributed by atoms with van der Waals surface area (Å²) < 4.78 is 68.0. The lowest BCUT2D eigenvalue weighted by atomic mass is 10.0. The number of aliphatic hydroxyl groups is 1. The number of esters is 4. The third-order valence-electron chi connectivity index (χ3n) is 16.4. The predicted octanol–water partition coefficient (Wildman–Crippen LogP) is 20.3. The van der Waals surface area contributed by atoms with Crippen molar-refractivity contribution in [1.82, 2.24) is 0 Å². The van der Waals surface area contributed by atoms with E-state index >= 15 is 0 Å². The highest BCUT2D eigenvalue weighted by Crippen LogP contribution is 2.45. The van der Waals surface area contributed by atoms with Crippen molar-refractivity contribution >= 4 is 39.5 Å². The van der Waals surface area contributed by atoms with E-state index in [1.54, 1.807) is 0 Å². The molecule has 528 valence electrons. The van der Waals surface area contributed by atoms with Crippen molar-refractivity contribution in [2.45, 2.75) is 386 Å². The largest absolute Gasteiger partial charge is 0.472 e. The third kappa shape index (κ3) is 64.6. The van der Waals surface area contributed by atoms with E-state index < -0.39 is 97.5 Å². The molecule has 0 aliphatic heterocycles. The van der Waals surface area contributed by atoms with Gasteiger partial charge in [0.25, 0.3) is 0 Å². The lowest BCUT2D eigenvalue weighted by Gasteiger charge is -2.21. The van der Waals surface area contributed by atoms with E-state index in [0.717, 1.165) is 116 Å². The Bertz CT molecular complexity index is 1710. The van der Waals surface area contributed by atoms with Crippen molar-refractivity contribution in [1.29, 1.82) is 0 Å². The number of hydrogen-bond donors (Lipinski definition) is 3. The van der Waals surface area contributed by atoms with Crippen molar-refractivity contribution in [3.8, 4) is 0 Å². The highest BCUT2D eigenvalue weighted by molar-refractivity contribution is 7.47. The summed E-state index contributed by atoms with van der Waals surface area (Å²) in [5.74, 6) is -2.13. The number of phosphoric ester groups is 2. The maximum absolute atomic E-state index is 13.0. The number of ether oxygens (including phenoxy) is 4. The minimum absolute atomic E-state index is 0.104. The van der Waals surface area contributed by atoms with E-state index in [-0.39, 0.29) is 25.7 Å². The van der Waals surface area contributed by atoms with E-state index in [4.69, 9.17) is 37.0 Å². The van der Waals surface area contributed by atoms with Crippen LogP contribution in [0.4, 0.5) is 0 Å². The molecule has 0 spiro atoms. The fourth-order valence-corrected chi connectivity index (χ4v) is 12.3. The molecule has 89 heavy (non-hydrogen) atoms. The van der Waals surface area contributed by atoms with Crippen LogP contribution in [0.15, 0.2) is 0 Å². The van der Waals surface area contributed by atoms with Gasteiger partial charge in [0.15, 0.2) is 12.2 Å². The Kier molecular flexibility index (Phi) is 63.3. The first-order valence-electron chi connectivity index (χ1n) is 36.8. The molecular formula is C70H136O17P2. The van der Waals surface area contributed by atoms with Gasteiger partial charge in [-0.25, -0.2) is 9.13 Å². The van der Waals surface area contributed by atoms with Crippen LogP contribution >= 0.6 is 15.6 Å². The molecule has 0 fully saturated rings. The number of rotatable bonds is 71. The molecule has 0 aromatic heterocycles. The van der Waals surface area contributed by atoms with Gasteiger partial charge in [0.2, 0.25) is 0 Å².